The summed E-state index contributed by atoms with van der Waals surface area (Å²) in [5.74, 6) is -3.62. The van der Waals surface area contributed by atoms with Crippen molar-refractivity contribution in [2.45, 2.75) is 76.5 Å². The normalized spacial score (nSPS) is 13.6. The van der Waals surface area contributed by atoms with Crippen molar-refractivity contribution >= 4 is 35.6 Å². The second kappa shape index (κ2) is 18.9. The minimum atomic E-state index is -1.20. The quantitative estimate of drug-likeness (QED) is 0.0513. The van der Waals surface area contributed by atoms with Crippen LogP contribution in [0.3, 0.4) is 0 Å². The highest BCUT2D eigenvalue weighted by Gasteiger charge is 2.30. The summed E-state index contributed by atoms with van der Waals surface area (Å²) in [6.07, 6.45) is 1.34. The molecule has 15 heteroatoms. The molecule has 0 aliphatic carbocycles. The van der Waals surface area contributed by atoms with Crippen molar-refractivity contribution in [3.63, 3.8) is 0 Å². The topological polar surface area (TPSA) is 274 Å². The van der Waals surface area contributed by atoms with Crippen LogP contribution in [0.2, 0.25) is 0 Å². The fraction of sp³-hybridized carbons (Fsp3) is 0.556. The van der Waals surface area contributed by atoms with Crippen LogP contribution in [0.25, 0.3) is 0 Å². The maximum atomic E-state index is 13.4. The third-order valence-electron chi connectivity index (χ3n) is 6.19. The van der Waals surface area contributed by atoms with E-state index in [-0.39, 0.29) is 56.6 Å². The van der Waals surface area contributed by atoms with Crippen LogP contribution in [-0.2, 0) is 25.6 Å². The number of hydrogen-bond donors (Lipinski definition) is 11. The second-order valence-corrected chi connectivity index (χ2v) is 10.4. The molecular formula is C27H46N10O5. The number of benzene rings is 1. The summed E-state index contributed by atoms with van der Waals surface area (Å²) >= 11 is 0. The number of carbonyl (C=O) groups excluding carboxylic acids is 3. The van der Waals surface area contributed by atoms with E-state index in [4.69, 9.17) is 28.0 Å². The molecule has 14 N–H and O–H groups in total. The summed E-state index contributed by atoms with van der Waals surface area (Å²) in [6, 6.07) is 4.85. The predicted octanol–water partition coefficient (Wildman–Crippen LogP) is -1.33. The minimum Gasteiger partial charge on any atom is -0.480 e. The molecule has 234 valence electrons. The summed E-state index contributed by atoms with van der Waals surface area (Å²) < 4.78 is 0. The Balaban J connectivity index is 3.06. The number of carboxylic acid groups (broad SMARTS) is 1. The predicted molar refractivity (Wildman–Crippen MR) is 159 cm³/mol. The molecule has 0 radical (unpaired) electrons. The summed E-state index contributed by atoms with van der Waals surface area (Å²) in [7, 11) is 0. The van der Waals surface area contributed by atoms with Gasteiger partial charge in [0.05, 0.1) is 6.04 Å². The van der Waals surface area contributed by atoms with Crippen LogP contribution in [0.4, 0.5) is 0 Å². The van der Waals surface area contributed by atoms with Gasteiger partial charge in [-0.3, -0.25) is 25.2 Å². The van der Waals surface area contributed by atoms with Gasteiger partial charge >= 0.3 is 5.97 Å². The van der Waals surface area contributed by atoms with Crippen molar-refractivity contribution in [2.24, 2.45) is 23.1 Å². The second-order valence-electron chi connectivity index (χ2n) is 10.4. The molecule has 0 heterocycles. The number of aliphatic carboxylic acids is 1. The smallest absolute Gasteiger partial charge is 0.326 e. The van der Waals surface area contributed by atoms with Crippen LogP contribution in [-0.4, -0.2) is 78.0 Å². The van der Waals surface area contributed by atoms with E-state index < -0.39 is 47.9 Å². The van der Waals surface area contributed by atoms with Crippen molar-refractivity contribution in [3.05, 3.63) is 35.9 Å². The molecule has 0 aromatic heterocycles. The average Bonchev–Trinajstić information content (AvgIpc) is 2.91. The van der Waals surface area contributed by atoms with Gasteiger partial charge in [0.25, 0.3) is 0 Å². The Bertz CT molecular complexity index is 1050. The summed E-state index contributed by atoms with van der Waals surface area (Å²) in [5, 5.41) is 37.2. The van der Waals surface area contributed by atoms with E-state index in [1.807, 2.05) is 44.2 Å². The van der Waals surface area contributed by atoms with E-state index in [0.717, 1.165) is 5.56 Å². The van der Waals surface area contributed by atoms with Crippen LogP contribution < -0.4 is 43.8 Å². The standard InChI is InChI=1S/C27H46N10O5/c1-16(2)14-21(25(41)42)37-24(40)20(11-7-13-34-27(31)32)36-23(39)19(10-6-12-33-26(29)30)35-22(38)18(28)15-17-8-4-3-5-9-17/h3-5,8-9,16,18-21H,6-7,10-15,28H2,1-2H3,(H,35,38)(H,36,39)(H,37,40)(H,41,42)(H4,29,30,33)(H4,31,32,34)/t18-,19-,20-,21-/m0/s1. The van der Waals surface area contributed by atoms with Crippen LogP contribution >= 0.6 is 0 Å². The molecule has 4 atom stereocenters. The lowest BCUT2D eigenvalue weighted by molar-refractivity contribution is -0.142. The van der Waals surface area contributed by atoms with Crippen molar-refractivity contribution in [1.82, 2.24) is 26.6 Å². The van der Waals surface area contributed by atoms with Gasteiger partial charge in [-0.2, -0.15) is 0 Å². The number of nitrogens with one attached hydrogen (secondary N) is 7. The number of hydrogen-bond acceptors (Lipinski definition) is 7. The van der Waals surface area contributed by atoms with Crippen LogP contribution in [0.1, 0.15) is 51.5 Å². The molecule has 1 aromatic rings. The molecule has 0 saturated carbocycles. The molecule has 0 bridgehead atoms. The van der Waals surface area contributed by atoms with E-state index in [2.05, 4.69) is 26.6 Å². The van der Waals surface area contributed by atoms with Gasteiger partial charge in [0.2, 0.25) is 17.7 Å². The van der Waals surface area contributed by atoms with Crippen LogP contribution in [0.15, 0.2) is 30.3 Å². The van der Waals surface area contributed by atoms with Gasteiger partial charge in [0.1, 0.15) is 18.1 Å². The maximum Gasteiger partial charge on any atom is 0.326 e. The van der Waals surface area contributed by atoms with E-state index in [0.29, 0.717) is 12.8 Å². The zero-order chi connectivity index (χ0) is 31.7. The molecule has 3 amide bonds. The first-order valence-electron chi connectivity index (χ1n) is 13.9. The Hall–Kier alpha value is -4.40. The molecule has 0 spiro atoms. The molecular weight excluding hydrogens is 544 g/mol. The number of rotatable bonds is 19. The third kappa shape index (κ3) is 14.8. The molecule has 0 saturated heterocycles. The lowest BCUT2D eigenvalue weighted by atomic mass is 10.0. The van der Waals surface area contributed by atoms with Crippen molar-refractivity contribution < 1.29 is 24.3 Å². The maximum absolute atomic E-state index is 13.4. The summed E-state index contributed by atoms with van der Waals surface area (Å²) in [6.45, 7) is 4.16. The zero-order valence-electron chi connectivity index (χ0n) is 24.2. The van der Waals surface area contributed by atoms with Gasteiger partial charge in [0, 0.05) is 13.1 Å². The highest BCUT2D eigenvalue weighted by atomic mass is 16.4. The number of carbonyl (C=O) groups is 4. The van der Waals surface area contributed by atoms with Gasteiger partial charge in [-0.05, 0) is 50.0 Å². The van der Waals surface area contributed by atoms with Crippen molar-refractivity contribution in [1.29, 1.82) is 10.8 Å². The molecule has 42 heavy (non-hydrogen) atoms. The first-order valence-corrected chi connectivity index (χ1v) is 13.9. The van der Waals surface area contributed by atoms with E-state index in [9.17, 15) is 24.3 Å². The molecule has 0 aliphatic rings. The Labute approximate surface area is 246 Å². The molecule has 15 nitrogen and oxygen atoms in total. The Morgan fingerprint density at radius 3 is 1.67 bits per heavy atom. The van der Waals surface area contributed by atoms with E-state index in [1.54, 1.807) is 0 Å². The van der Waals surface area contributed by atoms with Crippen molar-refractivity contribution in [3.8, 4) is 0 Å². The first-order chi connectivity index (χ1) is 19.8. The molecule has 0 unspecified atom stereocenters. The highest BCUT2D eigenvalue weighted by Crippen LogP contribution is 2.08. The lowest BCUT2D eigenvalue weighted by Crippen LogP contribution is -2.57. The molecule has 1 rings (SSSR count). The van der Waals surface area contributed by atoms with Gasteiger partial charge < -0.3 is 48.9 Å². The summed E-state index contributed by atoms with van der Waals surface area (Å²) in [4.78, 5) is 51.3. The Kier molecular flexibility index (Phi) is 16.0. The number of guanidine groups is 2. The van der Waals surface area contributed by atoms with Crippen LogP contribution in [0.5, 0.6) is 0 Å². The molecule has 1 aromatic carbocycles. The van der Waals surface area contributed by atoms with Gasteiger partial charge in [-0.15, -0.1) is 0 Å². The minimum absolute atomic E-state index is 0.0116. The largest absolute Gasteiger partial charge is 0.480 e. The Morgan fingerprint density at radius 1 is 0.786 bits per heavy atom. The summed E-state index contributed by atoms with van der Waals surface area (Å²) in [5.41, 5.74) is 17.6. The average molecular weight is 591 g/mol. The molecule has 0 aliphatic heterocycles. The fourth-order valence-corrected chi connectivity index (χ4v) is 4.07. The van der Waals surface area contributed by atoms with Gasteiger partial charge in [-0.25, -0.2) is 4.79 Å². The zero-order valence-corrected chi connectivity index (χ0v) is 24.2. The number of carboxylic acids is 1. The first kappa shape index (κ1) is 35.6. The molecule has 0 fully saturated rings. The van der Waals surface area contributed by atoms with Gasteiger partial charge in [0.15, 0.2) is 11.9 Å². The van der Waals surface area contributed by atoms with Crippen molar-refractivity contribution in [2.75, 3.05) is 13.1 Å². The third-order valence-corrected chi connectivity index (χ3v) is 6.19. The lowest BCUT2D eigenvalue weighted by Gasteiger charge is -2.26. The van der Waals surface area contributed by atoms with E-state index >= 15 is 0 Å². The Morgan fingerprint density at radius 2 is 1.24 bits per heavy atom. The highest BCUT2D eigenvalue weighted by molar-refractivity contribution is 5.94. The van der Waals surface area contributed by atoms with Gasteiger partial charge in [-0.1, -0.05) is 44.2 Å². The van der Waals surface area contributed by atoms with E-state index in [1.165, 1.54) is 0 Å². The number of nitrogens with two attached hydrogens (primary N) is 3. The van der Waals surface area contributed by atoms with Crippen LogP contribution in [0, 0.1) is 16.7 Å². The number of amides is 3. The monoisotopic (exact) mass is 590 g/mol. The SMILES string of the molecule is CC(C)C[C@H](NC(=O)[C@H](CCCNC(=N)N)NC(=O)[C@H](CCCNC(=N)N)NC(=O)[C@@H](N)Cc1ccccc1)C(=O)O. The fourth-order valence-electron chi connectivity index (χ4n) is 4.07.